The fraction of sp³-hybridized carbons (Fsp3) is 0.133. The zero-order valence-electron chi connectivity index (χ0n) is 12.1. The fourth-order valence-corrected chi connectivity index (χ4v) is 3.81. The van der Waals surface area contributed by atoms with Crippen LogP contribution in [0.2, 0.25) is 0 Å². The highest BCUT2D eigenvalue weighted by Gasteiger charge is 2.17. The number of nitrogens with one attached hydrogen (secondary N) is 1. The lowest BCUT2D eigenvalue weighted by molar-refractivity contribution is 0.521. The van der Waals surface area contributed by atoms with Crippen LogP contribution in [0, 0.1) is 0 Å². The first-order valence-electron chi connectivity index (χ1n) is 6.60. The Balaban J connectivity index is 1.99. The number of sulfonamides is 1. The van der Waals surface area contributed by atoms with E-state index in [1.54, 1.807) is 35.7 Å². The molecule has 0 bridgehead atoms. The number of hydrogen-bond donors (Lipinski definition) is 1. The molecule has 7 heteroatoms. The van der Waals surface area contributed by atoms with E-state index in [9.17, 15) is 8.42 Å². The van der Waals surface area contributed by atoms with E-state index in [-0.39, 0.29) is 4.90 Å². The predicted molar refractivity (Wildman–Crippen MR) is 90.2 cm³/mol. The molecule has 1 aromatic carbocycles. The lowest BCUT2D eigenvalue weighted by Crippen LogP contribution is -2.22. The van der Waals surface area contributed by atoms with E-state index in [2.05, 4.69) is 10.3 Å². The fourth-order valence-electron chi connectivity index (χ4n) is 2.08. The summed E-state index contributed by atoms with van der Waals surface area (Å²) in [6.45, 7) is 0. The molecule has 5 nitrogen and oxygen atoms in total. The van der Waals surface area contributed by atoms with Crippen LogP contribution in [0.15, 0.2) is 52.9 Å². The van der Waals surface area contributed by atoms with Crippen LogP contribution in [-0.2, 0) is 10.0 Å². The lowest BCUT2D eigenvalue weighted by atomic mass is 10.3. The van der Waals surface area contributed by atoms with Crippen molar-refractivity contribution in [3.8, 4) is 0 Å². The largest absolute Gasteiger partial charge is 0.340 e. The molecule has 22 heavy (non-hydrogen) atoms. The van der Waals surface area contributed by atoms with Gasteiger partial charge in [-0.3, -0.25) is 0 Å². The maximum absolute atomic E-state index is 12.2. The standard InChI is InChI=1S/C15H15N3O2S2/c1-18(2)22(19,20)12-5-3-4-11(10-12)17-15-13-7-9-21-14(13)6-8-16-15/h3-10H,1-2H3,(H,16,17). The van der Waals surface area contributed by atoms with Crippen LogP contribution >= 0.6 is 11.3 Å². The van der Waals surface area contributed by atoms with E-state index in [0.29, 0.717) is 5.69 Å². The van der Waals surface area contributed by atoms with Gasteiger partial charge in [0.25, 0.3) is 0 Å². The Morgan fingerprint density at radius 2 is 2.00 bits per heavy atom. The normalized spacial score (nSPS) is 12.0. The van der Waals surface area contributed by atoms with Gasteiger partial charge < -0.3 is 5.32 Å². The number of aromatic nitrogens is 1. The quantitative estimate of drug-likeness (QED) is 0.796. The first-order valence-corrected chi connectivity index (χ1v) is 8.92. The van der Waals surface area contributed by atoms with Crippen LogP contribution in [0.3, 0.4) is 0 Å². The second-order valence-corrected chi connectivity index (χ2v) is 8.03. The minimum Gasteiger partial charge on any atom is -0.340 e. The van der Waals surface area contributed by atoms with Gasteiger partial charge in [0.1, 0.15) is 5.82 Å². The minimum absolute atomic E-state index is 0.250. The van der Waals surface area contributed by atoms with Gasteiger partial charge in [0.15, 0.2) is 0 Å². The van der Waals surface area contributed by atoms with Gasteiger partial charge in [0.2, 0.25) is 10.0 Å². The molecule has 0 fully saturated rings. The van der Waals surface area contributed by atoms with Crippen LogP contribution in [0.4, 0.5) is 11.5 Å². The summed E-state index contributed by atoms with van der Waals surface area (Å²) in [5.41, 5.74) is 0.689. The number of rotatable bonds is 4. The number of pyridine rings is 1. The third-order valence-corrected chi connectivity index (χ3v) is 5.95. The SMILES string of the molecule is CN(C)S(=O)(=O)c1cccc(Nc2nccc3sccc23)c1. The highest BCUT2D eigenvalue weighted by atomic mass is 32.2. The number of nitrogens with zero attached hydrogens (tertiary/aromatic N) is 2. The Kier molecular flexibility index (Phi) is 3.86. The molecule has 0 saturated carbocycles. The van der Waals surface area contributed by atoms with Crippen molar-refractivity contribution in [2.45, 2.75) is 4.90 Å². The van der Waals surface area contributed by atoms with Gasteiger partial charge in [0, 0.05) is 36.1 Å². The molecule has 0 atom stereocenters. The third kappa shape index (κ3) is 2.70. The monoisotopic (exact) mass is 333 g/mol. The summed E-state index contributed by atoms with van der Waals surface area (Å²) in [7, 11) is -0.414. The van der Waals surface area contributed by atoms with E-state index in [4.69, 9.17) is 0 Å². The molecular weight excluding hydrogens is 318 g/mol. The smallest absolute Gasteiger partial charge is 0.242 e. The van der Waals surface area contributed by atoms with Crippen LogP contribution in [-0.4, -0.2) is 31.8 Å². The summed E-state index contributed by atoms with van der Waals surface area (Å²) in [6, 6.07) is 10.7. The Labute approximate surface area is 133 Å². The summed E-state index contributed by atoms with van der Waals surface area (Å²) in [6.07, 6.45) is 1.74. The minimum atomic E-state index is -3.45. The summed E-state index contributed by atoms with van der Waals surface area (Å²) in [4.78, 5) is 4.59. The molecule has 0 spiro atoms. The average molecular weight is 333 g/mol. The summed E-state index contributed by atoms with van der Waals surface area (Å²) in [5.74, 6) is 0.721. The van der Waals surface area contributed by atoms with Crippen molar-refractivity contribution in [1.29, 1.82) is 0 Å². The van der Waals surface area contributed by atoms with Crippen molar-refractivity contribution < 1.29 is 8.42 Å². The van der Waals surface area contributed by atoms with Gasteiger partial charge in [-0.05, 0) is 35.7 Å². The van der Waals surface area contributed by atoms with Crippen molar-refractivity contribution in [3.05, 3.63) is 48.0 Å². The molecule has 0 amide bonds. The zero-order valence-corrected chi connectivity index (χ0v) is 13.8. The Hall–Kier alpha value is -1.96. The molecule has 0 aliphatic heterocycles. The van der Waals surface area contributed by atoms with Gasteiger partial charge in [-0.25, -0.2) is 17.7 Å². The molecule has 114 valence electrons. The Morgan fingerprint density at radius 1 is 1.18 bits per heavy atom. The number of thiophene rings is 1. The van der Waals surface area contributed by atoms with E-state index in [1.165, 1.54) is 18.4 Å². The molecule has 0 radical (unpaired) electrons. The number of anilines is 2. The molecule has 2 heterocycles. The van der Waals surface area contributed by atoms with Crippen molar-refractivity contribution in [1.82, 2.24) is 9.29 Å². The molecule has 0 aliphatic carbocycles. The summed E-state index contributed by atoms with van der Waals surface area (Å²) < 4.78 is 26.7. The van der Waals surface area contributed by atoms with E-state index in [0.717, 1.165) is 15.9 Å². The molecule has 2 aromatic heterocycles. The highest BCUT2D eigenvalue weighted by Crippen LogP contribution is 2.28. The maximum atomic E-state index is 12.2. The molecule has 3 rings (SSSR count). The number of hydrogen-bond acceptors (Lipinski definition) is 5. The molecule has 1 N–H and O–H groups in total. The summed E-state index contributed by atoms with van der Waals surface area (Å²) >= 11 is 1.64. The van der Waals surface area contributed by atoms with Crippen molar-refractivity contribution in [2.75, 3.05) is 19.4 Å². The summed E-state index contributed by atoms with van der Waals surface area (Å²) in [5, 5.41) is 6.22. The first kappa shape index (κ1) is 15.0. The third-order valence-electron chi connectivity index (χ3n) is 3.26. The Morgan fingerprint density at radius 3 is 2.77 bits per heavy atom. The van der Waals surface area contributed by atoms with Gasteiger partial charge in [-0.1, -0.05) is 6.07 Å². The van der Waals surface area contributed by atoms with E-state index >= 15 is 0 Å². The number of fused-ring (bicyclic) bond motifs is 1. The molecular formula is C15H15N3O2S2. The van der Waals surface area contributed by atoms with Gasteiger partial charge >= 0.3 is 0 Å². The van der Waals surface area contributed by atoms with Gasteiger partial charge in [-0.15, -0.1) is 11.3 Å². The molecule has 0 unspecified atom stereocenters. The van der Waals surface area contributed by atoms with Crippen LogP contribution in [0.1, 0.15) is 0 Å². The lowest BCUT2D eigenvalue weighted by Gasteiger charge is -2.13. The Bertz CT molecular complexity index is 917. The predicted octanol–water partition coefficient (Wildman–Crippen LogP) is 3.29. The van der Waals surface area contributed by atoms with Crippen molar-refractivity contribution >= 4 is 43.0 Å². The van der Waals surface area contributed by atoms with Crippen molar-refractivity contribution in [2.24, 2.45) is 0 Å². The molecule has 0 aliphatic rings. The molecule has 3 aromatic rings. The average Bonchev–Trinajstić information content (AvgIpc) is 2.97. The van der Waals surface area contributed by atoms with Gasteiger partial charge in [0.05, 0.1) is 4.90 Å². The maximum Gasteiger partial charge on any atom is 0.242 e. The first-order chi connectivity index (χ1) is 10.5. The topological polar surface area (TPSA) is 62.3 Å². The van der Waals surface area contributed by atoms with Crippen LogP contribution in [0.5, 0.6) is 0 Å². The van der Waals surface area contributed by atoms with E-state index < -0.39 is 10.0 Å². The second-order valence-electron chi connectivity index (χ2n) is 4.93. The van der Waals surface area contributed by atoms with E-state index in [1.807, 2.05) is 23.6 Å². The molecule has 0 saturated heterocycles. The second kappa shape index (κ2) is 5.68. The van der Waals surface area contributed by atoms with Crippen LogP contribution in [0.25, 0.3) is 10.1 Å². The zero-order chi connectivity index (χ0) is 15.7. The highest BCUT2D eigenvalue weighted by molar-refractivity contribution is 7.89. The van der Waals surface area contributed by atoms with Crippen LogP contribution < -0.4 is 5.32 Å². The van der Waals surface area contributed by atoms with Gasteiger partial charge in [-0.2, -0.15) is 0 Å². The number of benzene rings is 1. The van der Waals surface area contributed by atoms with Crippen molar-refractivity contribution in [3.63, 3.8) is 0 Å².